The topological polar surface area (TPSA) is 323 Å². The summed E-state index contributed by atoms with van der Waals surface area (Å²) in [6, 6.07) is -4.62. The van der Waals surface area contributed by atoms with Crippen LogP contribution in [0.25, 0.3) is 0 Å². The Bertz CT molecular complexity index is 917. The number of carboxylic acids is 1. The van der Waals surface area contributed by atoms with Crippen molar-refractivity contribution in [3.8, 4) is 0 Å². The number of nitrogens with one attached hydrogen (secondary N) is 3. The van der Waals surface area contributed by atoms with Gasteiger partial charge in [-0.1, -0.05) is 13.8 Å². The number of nitrogens with zero attached hydrogens (tertiary/aromatic N) is 2. The molecule has 0 aromatic carbocycles. The van der Waals surface area contributed by atoms with E-state index in [4.69, 9.17) is 34.4 Å². The van der Waals surface area contributed by atoms with Crippen LogP contribution in [0.5, 0.6) is 0 Å². The Labute approximate surface area is 233 Å². The number of guanidine groups is 2. The van der Waals surface area contributed by atoms with Crippen LogP contribution in [-0.4, -0.2) is 83.9 Å². The van der Waals surface area contributed by atoms with E-state index >= 15 is 0 Å². The summed E-state index contributed by atoms with van der Waals surface area (Å²) >= 11 is 0. The predicted octanol–water partition coefficient (Wildman–Crippen LogP) is -3.73. The maximum atomic E-state index is 13.3. The van der Waals surface area contributed by atoms with Crippen molar-refractivity contribution in [3.05, 3.63) is 0 Å². The van der Waals surface area contributed by atoms with Crippen LogP contribution < -0.4 is 50.4 Å². The summed E-state index contributed by atoms with van der Waals surface area (Å²) in [5.74, 6) is -4.34. The van der Waals surface area contributed by atoms with Gasteiger partial charge in [0, 0.05) is 19.5 Å². The van der Waals surface area contributed by atoms with Crippen molar-refractivity contribution in [1.82, 2.24) is 16.0 Å². The van der Waals surface area contributed by atoms with Gasteiger partial charge in [-0.05, 0) is 44.4 Å². The molecular weight excluding hydrogens is 526 g/mol. The van der Waals surface area contributed by atoms with Gasteiger partial charge in [0.1, 0.15) is 18.1 Å². The largest absolute Gasteiger partial charge is 0.480 e. The number of aliphatic carboxylic acids is 1. The van der Waals surface area contributed by atoms with Gasteiger partial charge < -0.3 is 55.5 Å². The fraction of sp³-hybridized carbons (Fsp3) is 0.696. The summed E-state index contributed by atoms with van der Waals surface area (Å²) < 4.78 is 0. The molecule has 0 aromatic rings. The van der Waals surface area contributed by atoms with Gasteiger partial charge in [0.15, 0.2) is 11.9 Å². The molecule has 0 saturated carbocycles. The number of primary amides is 1. The molecule has 0 aromatic heterocycles. The molecule has 0 aliphatic carbocycles. The van der Waals surface area contributed by atoms with Crippen molar-refractivity contribution in [3.63, 3.8) is 0 Å². The number of amides is 4. The zero-order valence-electron chi connectivity index (χ0n) is 23.1. The number of rotatable bonds is 20. The molecule has 4 amide bonds. The second-order valence-electron chi connectivity index (χ2n) is 9.66. The third-order valence-corrected chi connectivity index (χ3v) is 5.52. The smallest absolute Gasteiger partial charge is 0.326 e. The van der Waals surface area contributed by atoms with Crippen LogP contribution in [0.4, 0.5) is 0 Å². The minimum atomic E-state index is -1.22. The second-order valence-corrected chi connectivity index (χ2v) is 9.66. The van der Waals surface area contributed by atoms with Gasteiger partial charge in [-0.15, -0.1) is 0 Å². The van der Waals surface area contributed by atoms with E-state index in [9.17, 15) is 29.1 Å². The van der Waals surface area contributed by atoms with Crippen molar-refractivity contribution in [1.29, 1.82) is 0 Å². The number of carboxylic acid groups (broad SMARTS) is 1. The zero-order chi connectivity index (χ0) is 30.8. The molecule has 16 N–H and O–H groups in total. The van der Waals surface area contributed by atoms with Gasteiger partial charge in [0.2, 0.25) is 23.6 Å². The molecule has 0 unspecified atom stereocenters. The molecule has 0 saturated heterocycles. The van der Waals surface area contributed by atoms with E-state index in [1.807, 2.05) is 0 Å². The van der Waals surface area contributed by atoms with Crippen molar-refractivity contribution < 1.29 is 29.1 Å². The van der Waals surface area contributed by atoms with Crippen LogP contribution in [0.3, 0.4) is 0 Å². The van der Waals surface area contributed by atoms with E-state index in [0.29, 0.717) is 0 Å². The standard InChI is InChI=1S/C23H45N11O6/c1-12(2)11-16(21(39)40)34-20(38)15(6-4-10-31-23(28)29)33-19(37)14(5-3-9-30-22(26)27)32-18(36)13(24)7-8-17(25)35/h12-16H,3-11,24H2,1-2H3,(H2,25,35)(H,32,36)(H,33,37)(H,34,38)(H,39,40)(H4,26,27,30)(H4,28,29,31)/t13-,14-,15-,16-/m0/s1. The van der Waals surface area contributed by atoms with E-state index < -0.39 is 53.8 Å². The molecule has 17 nitrogen and oxygen atoms in total. The van der Waals surface area contributed by atoms with E-state index in [1.54, 1.807) is 13.8 Å². The van der Waals surface area contributed by atoms with Crippen molar-refractivity contribution in [2.24, 2.45) is 50.3 Å². The minimum Gasteiger partial charge on any atom is -0.480 e. The van der Waals surface area contributed by atoms with Gasteiger partial charge in [0.25, 0.3) is 0 Å². The molecule has 0 bridgehead atoms. The highest BCUT2D eigenvalue weighted by molar-refractivity contribution is 5.94. The number of nitrogens with two attached hydrogens (primary N) is 6. The maximum absolute atomic E-state index is 13.3. The van der Waals surface area contributed by atoms with Crippen LogP contribution in [0.1, 0.15) is 58.8 Å². The average molecular weight is 572 g/mol. The first-order valence-corrected chi connectivity index (χ1v) is 12.9. The van der Waals surface area contributed by atoms with Crippen LogP contribution >= 0.6 is 0 Å². The fourth-order valence-corrected chi connectivity index (χ4v) is 3.49. The summed E-state index contributed by atoms with van der Waals surface area (Å²) in [5.41, 5.74) is 32.3. The van der Waals surface area contributed by atoms with Gasteiger partial charge in [-0.3, -0.25) is 29.2 Å². The summed E-state index contributed by atoms with van der Waals surface area (Å²) in [6.07, 6.45) is 0.698. The first kappa shape index (κ1) is 35.9. The Balaban J connectivity index is 5.77. The van der Waals surface area contributed by atoms with Crippen LogP contribution in [0, 0.1) is 5.92 Å². The Morgan fingerprint density at radius 2 is 1.12 bits per heavy atom. The van der Waals surface area contributed by atoms with Crippen LogP contribution in [0.15, 0.2) is 9.98 Å². The Morgan fingerprint density at radius 3 is 1.50 bits per heavy atom. The average Bonchev–Trinajstić information content (AvgIpc) is 2.84. The van der Waals surface area contributed by atoms with E-state index in [0.717, 1.165) is 0 Å². The predicted molar refractivity (Wildman–Crippen MR) is 149 cm³/mol. The lowest BCUT2D eigenvalue weighted by molar-refractivity contribution is -0.143. The normalized spacial score (nSPS) is 13.7. The first-order valence-electron chi connectivity index (χ1n) is 12.9. The SMILES string of the molecule is CC(C)C[C@H](NC(=O)[C@H](CCCN=C(N)N)NC(=O)[C@H](CCCN=C(N)N)NC(=O)[C@@H](N)CCC(N)=O)C(=O)O. The molecule has 0 aliphatic rings. The molecule has 0 aliphatic heterocycles. The lowest BCUT2D eigenvalue weighted by Crippen LogP contribution is -2.57. The molecular formula is C23H45N11O6. The first-order chi connectivity index (χ1) is 18.6. The highest BCUT2D eigenvalue weighted by Gasteiger charge is 2.30. The molecule has 0 spiro atoms. The van der Waals surface area contributed by atoms with Crippen molar-refractivity contribution in [2.75, 3.05) is 13.1 Å². The fourth-order valence-electron chi connectivity index (χ4n) is 3.49. The van der Waals surface area contributed by atoms with Gasteiger partial charge in [-0.25, -0.2) is 4.79 Å². The Kier molecular flexibility index (Phi) is 17.0. The molecule has 17 heteroatoms. The van der Waals surface area contributed by atoms with Gasteiger partial charge in [0.05, 0.1) is 6.04 Å². The van der Waals surface area contributed by atoms with Crippen molar-refractivity contribution >= 4 is 41.5 Å². The van der Waals surface area contributed by atoms with Crippen LogP contribution in [-0.2, 0) is 24.0 Å². The third-order valence-electron chi connectivity index (χ3n) is 5.52. The zero-order valence-corrected chi connectivity index (χ0v) is 23.1. The summed E-state index contributed by atoms with van der Waals surface area (Å²) in [5, 5.41) is 17.1. The molecule has 4 atom stereocenters. The highest BCUT2D eigenvalue weighted by Crippen LogP contribution is 2.08. The van der Waals surface area contributed by atoms with Crippen LogP contribution in [0.2, 0.25) is 0 Å². The molecule has 0 fully saturated rings. The van der Waals surface area contributed by atoms with Crippen molar-refractivity contribution in [2.45, 2.75) is 83.0 Å². The second kappa shape index (κ2) is 19.0. The minimum absolute atomic E-state index is 0.0279. The number of aliphatic imine (C=N–C) groups is 2. The molecule has 0 heterocycles. The lowest BCUT2D eigenvalue weighted by Gasteiger charge is -2.25. The third kappa shape index (κ3) is 16.6. The monoisotopic (exact) mass is 571 g/mol. The molecule has 0 rings (SSSR count). The van der Waals surface area contributed by atoms with Gasteiger partial charge >= 0.3 is 5.97 Å². The van der Waals surface area contributed by atoms with Gasteiger partial charge in [-0.2, -0.15) is 0 Å². The quantitative estimate of drug-likeness (QED) is 0.0384. The number of carbonyl (C=O) groups excluding carboxylic acids is 4. The molecule has 0 radical (unpaired) electrons. The highest BCUT2D eigenvalue weighted by atomic mass is 16.4. The Hall–Kier alpha value is -4.15. The van der Waals surface area contributed by atoms with E-state index in [-0.39, 0.29) is 75.9 Å². The lowest BCUT2D eigenvalue weighted by atomic mass is 10.0. The summed E-state index contributed by atoms with van der Waals surface area (Å²) in [4.78, 5) is 69.3. The number of carbonyl (C=O) groups is 5. The maximum Gasteiger partial charge on any atom is 0.326 e. The molecule has 40 heavy (non-hydrogen) atoms. The number of hydrogen-bond acceptors (Lipinski definition) is 8. The van der Waals surface area contributed by atoms with E-state index in [2.05, 4.69) is 25.9 Å². The molecule has 228 valence electrons. The van der Waals surface area contributed by atoms with E-state index in [1.165, 1.54) is 0 Å². The summed E-state index contributed by atoms with van der Waals surface area (Å²) in [6.45, 7) is 3.93. The summed E-state index contributed by atoms with van der Waals surface area (Å²) in [7, 11) is 0. The number of hydrogen-bond donors (Lipinski definition) is 10. The Morgan fingerprint density at radius 1 is 0.700 bits per heavy atom.